The number of nitrogens with two attached hydrogens (primary N) is 1. The Morgan fingerprint density at radius 1 is 1.53 bits per heavy atom. The van der Waals surface area contributed by atoms with Gasteiger partial charge in [0.1, 0.15) is 0 Å². The van der Waals surface area contributed by atoms with Crippen LogP contribution >= 0.6 is 15.9 Å². The summed E-state index contributed by atoms with van der Waals surface area (Å²) in [5.74, 6) is 0.146. The minimum Gasteiger partial charge on any atom is -0.399 e. The number of nitrogen functional groups attached to an aromatic ring is 1. The normalized spacial score (nSPS) is 19.5. The van der Waals surface area contributed by atoms with E-state index in [0.717, 1.165) is 30.3 Å². The second-order valence-electron chi connectivity index (χ2n) is 4.34. The summed E-state index contributed by atoms with van der Waals surface area (Å²) >= 11 is 3.37. The molecule has 1 unspecified atom stereocenters. The van der Waals surface area contributed by atoms with Gasteiger partial charge in [0.15, 0.2) is 5.78 Å². The highest BCUT2D eigenvalue weighted by atomic mass is 79.9. The molecule has 4 heteroatoms. The molecule has 0 saturated carbocycles. The summed E-state index contributed by atoms with van der Waals surface area (Å²) in [4.78, 5) is 12.0. The van der Waals surface area contributed by atoms with Crippen molar-refractivity contribution in [3.05, 3.63) is 28.2 Å². The van der Waals surface area contributed by atoms with E-state index in [9.17, 15) is 4.79 Å². The van der Waals surface area contributed by atoms with Crippen LogP contribution in [0.4, 0.5) is 5.69 Å². The van der Waals surface area contributed by atoms with Crippen molar-refractivity contribution in [2.75, 3.05) is 12.3 Å². The van der Waals surface area contributed by atoms with Gasteiger partial charge in [-0.3, -0.25) is 4.79 Å². The van der Waals surface area contributed by atoms with Gasteiger partial charge in [0.25, 0.3) is 0 Å². The Bertz CT molecular complexity index is 414. The van der Waals surface area contributed by atoms with Crippen molar-refractivity contribution in [1.82, 2.24) is 0 Å². The van der Waals surface area contributed by atoms with Gasteiger partial charge >= 0.3 is 0 Å². The lowest BCUT2D eigenvalue weighted by Gasteiger charge is -2.09. The molecule has 1 aromatic carbocycles. The minimum atomic E-state index is 0.146. The van der Waals surface area contributed by atoms with E-state index in [4.69, 9.17) is 10.5 Å². The van der Waals surface area contributed by atoms with Crippen LogP contribution in [0.25, 0.3) is 0 Å². The van der Waals surface area contributed by atoms with Crippen LogP contribution in [-0.4, -0.2) is 18.5 Å². The summed E-state index contributed by atoms with van der Waals surface area (Å²) < 4.78 is 6.28. The van der Waals surface area contributed by atoms with Crippen molar-refractivity contribution >= 4 is 27.4 Å². The Morgan fingerprint density at radius 3 is 3.00 bits per heavy atom. The molecular formula is C13H16BrNO2. The average molecular weight is 298 g/mol. The summed E-state index contributed by atoms with van der Waals surface area (Å²) in [6.45, 7) is 0.838. The largest absolute Gasteiger partial charge is 0.399 e. The highest BCUT2D eigenvalue weighted by Crippen LogP contribution is 2.23. The van der Waals surface area contributed by atoms with Crippen LogP contribution in [-0.2, 0) is 4.74 Å². The Morgan fingerprint density at radius 2 is 2.35 bits per heavy atom. The van der Waals surface area contributed by atoms with Gasteiger partial charge in [-0.1, -0.05) is 0 Å². The fourth-order valence-electron chi connectivity index (χ4n) is 2.06. The SMILES string of the molecule is Nc1ccc(C(=O)CCC2CCCO2)c(Br)c1. The number of Topliss-reactive ketones (excluding diaryl/α,β-unsaturated/α-hetero) is 1. The zero-order valence-electron chi connectivity index (χ0n) is 9.62. The molecule has 1 aliphatic rings. The molecule has 2 N–H and O–H groups in total. The predicted octanol–water partition coefficient (Wildman–Crippen LogP) is 3.17. The number of hydrogen-bond acceptors (Lipinski definition) is 3. The van der Waals surface area contributed by atoms with E-state index in [1.54, 1.807) is 18.2 Å². The molecule has 2 rings (SSSR count). The molecular weight excluding hydrogens is 282 g/mol. The van der Waals surface area contributed by atoms with E-state index in [0.29, 0.717) is 17.7 Å². The van der Waals surface area contributed by atoms with Gasteiger partial charge in [0.2, 0.25) is 0 Å². The molecule has 0 aliphatic carbocycles. The van der Waals surface area contributed by atoms with Crippen molar-refractivity contribution in [3.63, 3.8) is 0 Å². The van der Waals surface area contributed by atoms with E-state index >= 15 is 0 Å². The number of anilines is 1. The van der Waals surface area contributed by atoms with Crippen LogP contribution in [0.5, 0.6) is 0 Å². The van der Waals surface area contributed by atoms with Gasteiger partial charge in [-0.25, -0.2) is 0 Å². The van der Waals surface area contributed by atoms with E-state index in [-0.39, 0.29) is 11.9 Å². The van der Waals surface area contributed by atoms with Gasteiger partial charge in [0.05, 0.1) is 6.10 Å². The quantitative estimate of drug-likeness (QED) is 0.686. The van der Waals surface area contributed by atoms with Crippen molar-refractivity contribution in [2.45, 2.75) is 31.8 Å². The fourth-order valence-corrected chi connectivity index (χ4v) is 2.67. The molecule has 92 valence electrons. The maximum Gasteiger partial charge on any atom is 0.164 e. The van der Waals surface area contributed by atoms with Crippen molar-refractivity contribution in [2.24, 2.45) is 0 Å². The van der Waals surface area contributed by atoms with Crippen LogP contribution in [0.1, 0.15) is 36.0 Å². The predicted molar refractivity (Wildman–Crippen MR) is 71.1 cm³/mol. The molecule has 0 aromatic heterocycles. The van der Waals surface area contributed by atoms with Gasteiger partial charge in [-0.2, -0.15) is 0 Å². The summed E-state index contributed by atoms with van der Waals surface area (Å²) in [7, 11) is 0. The summed E-state index contributed by atoms with van der Waals surface area (Å²) in [6.07, 6.45) is 3.81. The Labute approximate surface area is 109 Å². The highest BCUT2D eigenvalue weighted by Gasteiger charge is 2.18. The van der Waals surface area contributed by atoms with Crippen LogP contribution in [0.15, 0.2) is 22.7 Å². The Balaban J connectivity index is 1.94. The topological polar surface area (TPSA) is 52.3 Å². The van der Waals surface area contributed by atoms with Gasteiger partial charge in [0, 0.05) is 28.8 Å². The van der Waals surface area contributed by atoms with Crippen molar-refractivity contribution < 1.29 is 9.53 Å². The second kappa shape index (κ2) is 5.65. The molecule has 3 nitrogen and oxygen atoms in total. The number of carbonyl (C=O) groups excluding carboxylic acids is 1. The van der Waals surface area contributed by atoms with Gasteiger partial charge < -0.3 is 10.5 Å². The van der Waals surface area contributed by atoms with Crippen molar-refractivity contribution in [3.8, 4) is 0 Å². The van der Waals surface area contributed by atoms with E-state index in [1.807, 2.05) is 0 Å². The Kier molecular flexibility index (Phi) is 4.18. The molecule has 0 bridgehead atoms. The number of ketones is 1. The monoisotopic (exact) mass is 297 g/mol. The lowest BCUT2D eigenvalue weighted by molar-refractivity contribution is 0.0859. The molecule has 0 radical (unpaired) electrons. The molecule has 1 fully saturated rings. The minimum absolute atomic E-state index is 0.146. The summed E-state index contributed by atoms with van der Waals surface area (Å²) in [6, 6.07) is 5.29. The second-order valence-corrected chi connectivity index (χ2v) is 5.19. The molecule has 1 heterocycles. The van der Waals surface area contributed by atoms with E-state index in [1.165, 1.54) is 0 Å². The lowest BCUT2D eigenvalue weighted by Crippen LogP contribution is -2.09. The number of carbonyl (C=O) groups is 1. The smallest absolute Gasteiger partial charge is 0.164 e. The molecule has 1 aromatic rings. The molecule has 0 spiro atoms. The first-order valence-corrected chi connectivity index (χ1v) is 6.66. The average Bonchev–Trinajstić information content (AvgIpc) is 2.78. The fraction of sp³-hybridized carbons (Fsp3) is 0.462. The Hall–Kier alpha value is -0.870. The zero-order chi connectivity index (χ0) is 12.3. The van der Waals surface area contributed by atoms with Crippen molar-refractivity contribution in [1.29, 1.82) is 0 Å². The summed E-state index contributed by atoms with van der Waals surface area (Å²) in [5, 5.41) is 0. The maximum atomic E-state index is 12.0. The van der Waals surface area contributed by atoms with E-state index < -0.39 is 0 Å². The van der Waals surface area contributed by atoms with Crippen LogP contribution in [0.2, 0.25) is 0 Å². The molecule has 1 aliphatic heterocycles. The first kappa shape index (κ1) is 12.6. The van der Waals surface area contributed by atoms with Gasteiger partial charge in [-0.05, 0) is 53.4 Å². The highest BCUT2D eigenvalue weighted by molar-refractivity contribution is 9.10. The third-order valence-corrected chi connectivity index (χ3v) is 3.67. The van der Waals surface area contributed by atoms with Crippen LogP contribution in [0.3, 0.4) is 0 Å². The first-order valence-electron chi connectivity index (χ1n) is 5.86. The first-order chi connectivity index (χ1) is 8.16. The summed E-state index contributed by atoms with van der Waals surface area (Å²) in [5.41, 5.74) is 7.01. The number of rotatable bonds is 4. The number of halogens is 1. The zero-order valence-corrected chi connectivity index (χ0v) is 11.2. The maximum absolute atomic E-state index is 12.0. The number of ether oxygens (including phenoxy) is 1. The van der Waals surface area contributed by atoms with Crippen LogP contribution < -0.4 is 5.73 Å². The van der Waals surface area contributed by atoms with E-state index in [2.05, 4.69) is 15.9 Å². The molecule has 0 amide bonds. The number of benzene rings is 1. The standard InChI is InChI=1S/C13H16BrNO2/c14-12-8-9(15)3-5-11(12)13(16)6-4-10-2-1-7-17-10/h3,5,8,10H,1-2,4,6-7,15H2. The molecule has 17 heavy (non-hydrogen) atoms. The lowest BCUT2D eigenvalue weighted by atomic mass is 10.0. The van der Waals surface area contributed by atoms with Gasteiger partial charge in [-0.15, -0.1) is 0 Å². The third-order valence-electron chi connectivity index (χ3n) is 3.01. The number of hydrogen-bond donors (Lipinski definition) is 1. The molecule has 1 saturated heterocycles. The third kappa shape index (κ3) is 3.30. The molecule has 1 atom stereocenters. The van der Waals surface area contributed by atoms with Crippen LogP contribution in [0, 0.1) is 0 Å².